The predicted molar refractivity (Wildman–Crippen MR) is 104 cm³/mol. The van der Waals surface area contributed by atoms with Crippen molar-refractivity contribution in [3.8, 4) is 35.3 Å². The smallest absolute Gasteiger partial charge is 0.283 e. The second-order valence-electron chi connectivity index (χ2n) is 5.83. The van der Waals surface area contributed by atoms with Crippen LogP contribution in [-0.4, -0.2) is 31.5 Å². The third-order valence-electron chi connectivity index (χ3n) is 4.26. The number of hydrogen-bond acceptors (Lipinski definition) is 6. The van der Waals surface area contributed by atoms with Gasteiger partial charge in [0.25, 0.3) is 5.91 Å². The average molecular weight is 396 g/mol. The fourth-order valence-corrected chi connectivity index (χ4v) is 3.95. The van der Waals surface area contributed by atoms with Gasteiger partial charge in [0.1, 0.15) is 11.5 Å². The van der Waals surface area contributed by atoms with Crippen LogP contribution in [0.1, 0.15) is 10.4 Å². The summed E-state index contributed by atoms with van der Waals surface area (Å²) in [5.74, 6) is 4.46. The standard InChI is InChI=1S/C20H16N2O5S/c1-4-7-22-14-9-16-17(27-11-26-16)10-18(14)28-20(22)21-19(23)13-6-5-12(24-2)8-15(13)25-3/h1,5-6,8-10H,7,11H2,2-3H3. The number of amides is 1. The van der Waals surface area contributed by atoms with Crippen molar-refractivity contribution in [3.05, 3.63) is 40.7 Å². The van der Waals surface area contributed by atoms with Gasteiger partial charge in [0.15, 0.2) is 16.3 Å². The fourth-order valence-electron chi connectivity index (χ4n) is 2.91. The summed E-state index contributed by atoms with van der Waals surface area (Å²) in [5.41, 5.74) is 1.17. The van der Waals surface area contributed by atoms with Gasteiger partial charge in [-0.15, -0.1) is 6.42 Å². The Kier molecular flexibility index (Phi) is 4.67. The van der Waals surface area contributed by atoms with E-state index >= 15 is 0 Å². The minimum absolute atomic E-state index is 0.189. The Hall–Kier alpha value is -3.44. The number of methoxy groups -OCH3 is 2. The lowest BCUT2D eigenvalue weighted by atomic mass is 10.2. The molecule has 28 heavy (non-hydrogen) atoms. The van der Waals surface area contributed by atoms with E-state index in [-0.39, 0.29) is 13.3 Å². The van der Waals surface area contributed by atoms with Gasteiger partial charge in [0.05, 0.1) is 36.5 Å². The number of terminal acetylenes is 1. The van der Waals surface area contributed by atoms with Crippen molar-refractivity contribution in [1.29, 1.82) is 0 Å². The lowest BCUT2D eigenvalue weighted by Crippen LogP contribution is -2.16. The van der Waals surface area contributed by atoms with E-state index < -0.39 is 5.91 Å². The first-order valence-electron chi connectivity index (χ1n) is 8.32. The number of rotatable bonds is 4. The second kappa shape index (κ2) is 7.29. The van der Waals surface area contributed by atoms with Crippen LogP contribution in [0.15, 0.2) is 35.3 Å². The molecule has 0 atom stereocenters. The van der Waals surface area contributed by atoms with Gasteiger partial charge < -0.3 is 23.5 Å². The lowest BCUT2D eigenvalue weighted by molar-refractivity contribution is 0.0995. The molecule has 0 bridgehead atoms. The Balaban J connectivity index is 1.84. The van der Waals surface area contributed by atoms with Gasteiger partial charge >= 0.3 is 0 Å². The monoisotopic (exact) mass is 396 g/mol. The highest BCUT2D eigenvalue weighted by Gasteiger charge is 2.18. The van der Waals surface area contributed by atoms with E-state index in [1.54, 1.807) is 29.9 Å². The fraction of sp³-hybridized carbons (Fsp3) is 0.200. The highest BCUT2D eigenvalue weighted by atomic mass is 32.1. The van der Waals surface area contributed by atoms with E-state index in [4.69, 9.17) is 25.4 Å². The van der Waals surface area contributed by atoms with Crippen LogP contribution in [-0.2, 0) is 6.54 Å². The summed E-state index contributed by atoms with van der Waals surface area (Å²) < 4.78 is 24.0. The highest BCUT2D eigenvalue weighted by Crippen LogP contribution is 2.37. The third kappa shape index (κ3) is 3.06. The van der Waals surface area contributed by atoms with Gasteiger partial charge in [-0.1, -0.05) is 17.3 Å². The SMILES string of the molecule is C#CCn1c(=NC(=O)c2ccc(OC)cc2OC)sc2cc3c(cc21)OCO3. The van der Waals surface area contributed by atoms with Crippen molar-refractivity contribution < 1.29 is 23.7 Å². The summed E-state index contributed by atoms with van der Waals surface area (Å²) in [4.78, 5) is 17.6. The first-order chi connectivity index (χ1) is 13.6. The van der Waals surface area contributed by atoms with Crippen LogP contribution in [0.2, 0.25) is 0 Å². The van der Waals surface area contributed by atoms with Crippen molar-refractivity contribution in [2.24, 2.45) is 4.99 Å². The molecule has 1 aliphatic heterocycles. The van der Waals surface area contributed by atoms with Gasteiger partial charge in [0, 0.05) is 18.2 Å². The number of ether oxygens (including phenoxy) is 4. The molecule has 0 N–H and O–H groups in total. The molecule has 1 aliphatic rings. The number of nitrogens with zero attached hydrogens (tertiary/aromatic N) is 2. The normalized spacial score (nSPS) is 12.8. The quantitative estimate of drug-likeness (QED) is 0.634. The molecule has 4 rings (SSSR count). The summed E-state index contributed by atoms with van der Waals surface area (Å²) in [6.45, 7) is 0.459. The van der Waals surface area contributed by atoms with E-state index in [1.807, 2.05) is 12.1 Å². The molecule has 1 aromatic heterocycles. The van der Waals surface area contributed by atoms with E-state index in [0.717, 1.165) is 10.2 Å². The topological polar surface area (TPSA) is 71.3 Å². The summed E-state index contributed by atoms with van der Waals surface area (Å²) in [6, 6.07) is 8.67. The summed E-state index contributed by atoms with van der Waals surface area (Å²) in [5, 5.41) is 0. The minimum Gasteiger partial charge on any atom is -0.497 e. The van der Waals surface area contributed by atoms with Gasteiger partial charge in [-0.3, -0.25) is 4.79 Å². The molecule has 2 heterocycles. The van der Waals surface area contributed by atoms with E-state index in [1.165, 1.54) is 18.4 Å². The molecule has 2 aromatic carbocycles. The zero-order valence-electron chi connectivity index (χ0n) is 15.2. The molecule has 0 saturated heterocycles. The van der Waals surface area contributed by atoms with Crippen LogP contribution in [0.5, 0.6) is 23.0 Å². The number of carbonyl (C=O) groups is 1. The number of carbonyl (C=O) groups excluding carboxylic acids is 1. The molecule has 3 aromatic rings. The lowest BCUT2D eigenvalue weighted by Gasteiger charge is -2.07. The summed E-state index contributed by atoms with van der Waals surface area (Å²) in [7, 11) is 3.04. The molecule has 1 amide bonds. The Morgan fingerprint density at radius 2 is 2.04 bits per heavy atom. The Morgan fingerprint density at radius 1 is 1.25 bits per heavy atom. The molecule has 0 fully saturated rings. The number of thiazole rings is 1. The van der Waals surface area contributed by atoms with Gasteiger partial charge in [-0.05, 0) is 12.1 Å². The van der Waals surface area contributed by atoms with Crippen LogP contribution >= 0.6 is 11.3 Å². The number of aromatic nitrogens is 1. The van der Waals surface area contributed by atoms with Crippen molar-refractivity contribution in [2.45, 2.75) is 6.54 Å². The average Bonchev–Trinajstić information content (AvgIpc) is 3.30. The molecule has 0 saturated carbocycles. The zero-order chi connectivity index (χ0) is 19.7. The van der Waals surface area contributed by atoms with E-state index in [9.17, 15) is 4.79 Å². The van der Waals surface area contributed by atoms with Crippen LogP contribution in [0.25, 0.3) is 10.2 Å². The predicted octanol–water partition coefficient (Wildman–Crippen LogP) is 2.82. The van der Waals surface area contributed by atoms with Crippen molar-refractivity contribution in [2.75, 3.05) is 21.0 Å². The van der Waals surface area contributed by atoms with Crippen molar-refractivity contribution >= 4 is 27.5 Å². The molecule has 142 valence electrons. The number of hydrogen-bond donors (Lipinski definition) is 0. The maximum absolute atomic E-state index is 12.8. The molecule has 0 aliphatic carbocycles. The zero-order valence-corrected chi connectivity index (χ0v) is 16.0. The van der Waals surface area contributed by atoms with Crippen LogP contribution in [0.4, 0.5) is 0 Å². The molecule has 0 spiro atoms. The van der Waals surface area contributed by atoms with E-state index in [0.29, 0.717) is 33.4 Å². The molecule has 0 radical (unpaired) electrons. The van der Waals surface area contributed by atoms with E-state index in [2.05, 4.69) is 10.9 Å². The third-order valence-corrected chi connectivity index (χ3v) is 5.30. The van der Waals surface area contributed by atoms with Crippen LogP contribution < -0.4 is 23.7 Å². The maximum atomic E-state index is 12.8. The Morgan fingerprint density at radius 3 is 2.75 bits per heavy atom. The van der Waals surface area contributed by atoms with Crippen LogP contribution in [0, 0.1) is 12.3 Å². The first kappa shape index (κ1) is 17.9. The van der Waals surface area contributed by atoms with Gasteiger partial charge in [-0.25, -0.2) is 0 Å². The maximum Gasteiger partial charge on any atom is 0.283 e. The number of benzene rings is 2. The molecular formula is C20H16N2O5S. The molecule has 7 nitrogen and oxygen atoms in total. The summed E-state index contributed by atoms with van der Waals surface area (Å²) in [6.07, 6.45) is 5.53. The second-order valence-corrected chi connectivity index (χ2v) is 6.84. The molecule has 8 heteroatoms. The molecule has 0 unspecified atom stereocenters. The minimum atomic E-state index is -0.433. The van der Waals surface area contributed by atoms with Gasteiger partial charge in [-0.2, -0.15) is 4.99 Å². The van der Waals surface area contributed by atoms with Crippen molar-refractivity contribution in [3.63, 3.8) is 0 Å². The molecular weight excluding hydrogens is 380 g/mol. The van der Waals surface area contributed by atoms with Crippen LogP contribution in [0.3, 0.4) is 0 Å². The largest absolute Gasteiger partial charge is 0.497 e. The van der Waals surface area contributed by atoms with Gasteiger partial charge in [0.2, 0.25) is 6.79 Å². The Labute approximate surface area is 164 Å². The first-order valence-corrected chi connectivity index (χ1v) is 9.13. The Bertz CT molecular complexity index is 1190. The highest BCUT2D eigenvalue weighted by molar-refractivity contribution is 7.16. The summed E-state index contributed by atoms with van der Waals surface area (Å²) >= 11 is 1.35. The number of fused-ring (bicyclic) bond motifs is 2. The van der Waals surface area contributed by atoms with Crippen molar-refractivity contribution in [1.82, 2.24) is 4.57 Å².